The number of nitrogens with zero attached hydrogens (tertiary/aromatic N) is 1. The molecule has 0 radical (unpaired) electrons. The van der Waals surface area contributed by atoms with E-state index in [-0.39, 0.29) is 28.5 Å². The maximum Gasteiger partial charge on any atom is 0.230 e. The van der Waals surface area contributed by atoms with Crippen LogP contribution in [0.5, 0.6) is 0 Å². The molecule has 1 saturated carbocycles. The zero-order valence-corrected chi connectivity index (χ0v) is 13.9. The average molecular weight is 318 g/mol. The number of hydrogen-bond acceptors (Lipinski definition) is 3. The fourth-order valence-corrected chi connectivity index (χ4v) is 3.84. The topological polar surface area (TPSA) is 42.0 Å². The average Bonchev–Trinajstić information content (AvgIpc) is 2.77. The predicted octanol–water partition coefficient (Wildman–Crippen LogP) is 4.57. The molecule has 1 aromatic carbocycles. The van der Waals surface area contributed by atoms with Gasteiger partial charge < -0.3 is 5.32 Å². The van der Waals surface area contributed by atoms with E-state index >= 15 is 0 Å². The van der Waals surface area contributed by atoms with Crippen LogP contribution in [0.1, 0.15) is 27.7 Å². The van der Waals surface area contributed by atoms with Crippen molar-refractivity contribution in [2.45, 2.75) is 27.7 Å². The summed E-state index contributed by atoms with van der Waals surface area (Å²) < 4.78 is 12.9. The molecule has 1 N–H and O–H groups in total. The van der Waals surface area contributed by atoms with Gasteiger partial charge in [-0.3, -0.25) is 4.79 Å². The first-order valence-corrected chi connectivity index (χ1v) is 8.14. The van der Waals surface area contributed by atoms with Crippen LogP contribution in [0.4, 0.5) is 9.52 Å². The van der Waals surface area contributed by atoms with Crippen molar-refractivity contribution < 1.29 is 9.18 Å². The lowest BCUT2D eigenvalue weighted by molar-refractivity contribution is -0.118. The van der Waals surface area contributed by atoms with Crippen molar-refractivity contribution in [3.63, 3.8) is 0 Å². The zero-order chi connectivity index (χ0) is 16.1. The standard InChI is InChI=1S/C17H19FN2OS/c1-16(2)13(17(16,3)4)14(21)20-15-19-12(9-22-15)10-5-7-11(18)8-6-10/h5-9,13H,1-4H3,(H,19,20,21). The van der Waals surface area contributed by atoms with Crippen LogP contribution in [0.25, 0.3) is 11.3 Å². The van der Waals surface area contributed by atoms with Crippen LogP contribution < -0.4 is 5.32 Å². The lowest BCUT2D eigenvalue weighted by atomic mass is 10.0. The van der Waals surface area contributed by atoms with Gasteiger partial charge in [0.25, 0.3) is 0 Å². The van der Waals surface area contributed by atoms with Crippen molar-refractivity contribution in [3.8, 4) is 11.3 Å². The van der Waals surface area contributed by atoms with Gasteiger partial charge in [0.2, 0.25) is 5.91 Å². The number of nitrogens with one attached hydrogen (secondary N) is 1. The number of benzene rings is 1. The zero-order valence-electron chi connectivity index (χ0n) is 13.1. The van der Waals surface area contributed by atoms with Crippen LogP contribution in [0.3, 0.4) is 0 Å². The fourth-order valence-electron chi connectivity index (χ4n) is 3.11. The van der Waals surface area contributed by atoms with Gasteiger partial charge in [-0.25, -0.2) is 9.37 Å². The maximum atomic E-state index is 12.9. The van der Waals surface area contributed by atoms with Crippen LogP contribution in [0.15, 0.2) is 29.6 Å². The number of rotatable bonds is 3. The number of thiazole rings is 1. The summed E-state index contributed by atoms with van der Waals surface area (Å²) in [6, 6.07) is 6.18. The first-order chi connectivity index (χ1) is 10.2. The largest absolute Gasteiger partial charge is 0.302 e. The molecule has 0 unspecified atom stereocenters. The van der Waals surface area contributed by atoms with E-state index < -0.39 is 0 Å². The summed E-state index contributed by atoms with van der Waals surface area (Å²) in [6.45, 7) is 8.46. The molecule has 0 saturated heterocycles. The van der Waals surface area contributed by atoms with Crippen molar-refractivity contribution in [1.82, 2.24) is 4.98 Å². The first-order valence-electron chi connectivity index (χ1n) is 7.26. The molecule has 1 aliphatic rings. The lowest BCUT2D eigenvalue weighted by Gasteiger charge is -2.03. The summed E-state index contributed by atoms with van der Waals surface area (Å²) >= 11 is 1.39. The molecule has 0 aliphatic heterocycles. The molecule has 1 aromatic heterocycles. The molecule has 0 spiro atoms. The quantitative estimate of drug-likeness (QED) is 0.900. The number of amides is 1. The third kappa shape index (κ3) is 2.33. The monoisotopic (exact) mass is 318 g/mol. The highest BCUT2D eigenvalue weighted by Gasteiger charge is 2.68. The Morgan fingerprint density at radius 1 is 1.18 bits per heavy atom. The van der Waals surface area contributed by atoms with Crippen molar-refractivity contribution in [1.29, 1.82) is 0 Å². The highest BCUT2D eigenvalue weighted by molar-refractivity contribution is 7.14. The van der Waals surface area contributed by atoms with Crippen LogP contribution in [0, 0.1) is 22.6 Å². The number of halogens is 1. The molecule has 1 fully saturated rings. The minimum absolute atomic E-state index is 0.00169. The second kappa shape index (κ2) is 4.88. The highest BCUT2D eigenvalue weighted by Crippen LogP contribution is 2.68. The second-order valence-corrected chi connectivity index (χ2v) is 7.77. The number of aromatic nitrogens is 1. The van der Waals surface area contributed by atoms with Gasteiger partial charge in [-0.05, 0) is 35.1 Å². The smallest absolute Gasteiger partial charge is 0.230 e. The molecule has 0 atom stereocenters. The second-order valence-electron chi connectivity index (χ2n) is 6.91. The summed E-state index contributed by atoms with van der Waals surface area (Å²) in [4.78, 5) is 16.8. The van der Waals surface area contributed by atoms with E-state index in [0.29, 0.717) is 5.13 Å². The van der Waals surface area contributed by atoms with Gasteiger partial charge in [0.1, 0.15) is 5.82 Å². The molecule has 1 heterocycles. The summed E-state index contributed by atoms with van der Waals surface area (Å²) in [5, 5.41) is 5.36. The van der Waals surface area contributed by atoms with Gasteiger partial charge in [-0.15, -0.1) is 11.3 Å². The Hall–Kier alpha value is -1.75. The predicted molar refractivity (Wildman–Crippen MR) is 87.2 cm³/mol. The van der Waals surface area contributed by atoms with Crippen molar-refractivity contribution in [3.05, 3.63) is 35.5 Å². The van der Waals surface area contributed by atoms with E-state index in [2.05, 4.69) is 38.0 Å². The van der Waals surface area contributed by atoms with E-state index in [1.807, 2.05) is 5.38 Å². The van der Waals surface area contributed by atoms with Gasteiger partial charge in [0.15, 0.2) is 5.13 Å². The maximum absolute atomic E-state index is 12.9. The Morgan fingerprint density at radius 3 is 2.32 bits per heavy atom. The first kappa shape index (κ1) is 15.2. The summed E-state index contributed by atoms with van der Waals surface area (Å²) in [5.74, 6) is -0.251. The van der Waals surface area contributed by atoms with Crippen molar-refractivity contribution in [2.24, 2.45) is 16.7 Å². The van der Waals surface area contributed by atoms with E-state index in [1.165, 1.54) is 23.5 Å². The van der Waals surface area contributed by atoms with E-state index in [1.54, 1.807) is 12.1 Å². The van der Waals surface area contributed by atoms with Gasteiger partial charge in [0, 0.05) is 16.9 Å². The SMILES string of the molecule is CC1(C)C(C(=O)Nc2nc(-c3ccc(F)cc3)cs2)C1(C)C. The Morgan fingerprint density at radius 2 is 1.77 bits per heavy atom. The molecule has 116 valence electrons. The molecule has 1 aliphatic carbocycles. The van der Waals surface area contributed by atoms with Crippen molar-refractivity contribution >= 4 is 22.4 Å². The van der Waals surface area contributed by atoms with Crippen molar-refractivity contribution in [2.75, 3.05) is 5.32 Å². The molecular weight excluding hydrogens is 299 g/mol. The lowest BCUT2D eigenvalue weighted by Crippen LogP contribution is -2.17. The fraction of sp³-hybridized carbons (Fsp3) is 0.412. The number of hydrogen-bond donors (Lipinski definition) is 1. The van der Waals surface area contributed by atoms with Crippen LogP contribution in [-0.2, 0) is 4.79 Å². The molecule has 3 rings (SSSR count). The molecule has 3 nitrogen and oxygen atoms in total. The van der Waals surface area contributed by atoms with Gasteiger partial charge in [-0.2, -0.15) is 0 Å². The summed E-state index contributed by atoms with van der Waals surface area (Å²) in [7, 11) is 0. The van der Waals surface area contributed by atoms with Gasteiger partial charge in [-0.1, -0.05) is 27.7 Å². The number of anilines is 1. The molecule has 5 heteroatoms. The molecule has 0 bridgehead atoms. The minimum atomic E-state index is -0.272. The van der Waals surface area contributed by atoms with E-state index in [0.717, 1.165) is 11.3 Å². The van der Waals surface area contributed by atoms with Gasteiger partial charge >= 0.3 is 0 Å². The van der Waals surface area contributed by atoms with Crippen LogP contribution >= 0.6 is 11.3 Å². The minimum Gasteiger partial charge on any atom is -0.302 e. The Labute approximate surface area is 133 Å². The number of carbonyl (C=O) groups excluding carboxylic acids is 1. The molecular formula is C17H19FN2OS. The normalized spacial score (nSPS) is 19.0. The highest BCUT2D eigenvalue weighted by atomic mass is 32.1. The Bertz CT molecular complexity index is 705. The molecule has 22 heavy (non-hydrogen) atoms. The molecule has 1 amide bonds. The summed E-state index contributed by atoms with van der Waals surface area (Å²) in [6.07, 6.45) is 0. The third-order valence-corrected chi connectivity index (χ3v) is 5.91. The van der Waals surface area contributed by atoms with Crippen LogP contribution in [-0.4, -0.2) is 10.9 Å². The van der Waals surface area contributed by atoms with Gasteiger partial charge in [0.05, 0.1) is 5.69 Å². The third-order valence-electron chi connectivity index (χ3n) is 5.16. The molecule has 2 aromatic rings. The number of carbonyl (C=O) groups is 1. The Kier molecular flexibility index (Phi) is 3.36. The van der Waals surface area contributed by atoms with Crippen LogP contribution in [0.2, 0.25) is 0 Å². The van der Waals surface area contributed by atoms with E-state index in [9.17, 15) is 9.18 Å². The summed E-state index contributed by atoms with van der Waals surface area (Å²) in [5.41, 5.74) is 1.60. The van der Waals surface area contributed by atoms with E-state index in [4.69, 9.17) is 0 Å². The Balaban J connectivity index is 1.73.